The van der Waals surface area contributed by atoms with E-state index >= 15 is 0 Å². The van der Waals surface area contributed by atoms with Crippen LogP contribution in [0.5, 0.6) is 5.88 Å². The molecule has 0 saturated carbocycles. The van der Waals surface area contributed by atoms with Crippen molar-refractivity contribution in [2.24, 2.45) is 0 Å². The molecular formula is C14H25N3O. The van der Waals surface area contributed by atoms with Gasteiger partial charge in [-0.25, -0.2) is 4.98 Å². The molecule has 18 heavy (non-hydrogen) atoms. The standard InChI is InChI=1S/C14H25N3O/c1-4-17(5-2)10-6-9-15-11-13-7-8-14(18-3)16-12-13/h7-8,12,15H,4-6,9-11H2,1-3H3. The zero-order valence-electron chi connectivity index (χ0n) is 11.8. The van der Waals surface area contributed by atoms with Gasteiger partial charge in [0.25, 0.3) is 0 Å². The molecule has 4 nitrogen and oxygen atoms in total. The fourth-order valence-corrected chi connectivity index (χ4v) is 1.84. The highest BCUT2D eigenvalue weighted by molar-refractivity contribution is 5.17. The van der Waals surface area contributed by atoms with E-state index in [-0.39, 0.29) is 0 Å². The van der Waals surface area contributed by atoms with Crippen molar-refractivity contribution in [1.29, 1.82) is 0 Å². The quantitative estimate of drug-likeness (QED) is 0.680. The summed E-state index contributed by atoms with van der Waals surface area (Å²) in [5.41, 5.74) is 1.19. The van der Waals surface area contributed by atoms with Crippen LogP contribution >= 0.6 is 0 Å². The van der Waals surface area contributed by atoms with E-state index in [1.54, 1.807) is 7.11 Å². The first-order valence-electron chi connectivity index (χ1n) is 6.72. The topological polar surface area (TPSA) is 37.4 Å². The molecule has 1 N–H and O–H groups in total. The Kier molecular flexibility index (Phi) is 7.37. The van der Waals surface area contributed by atoms with Crippen molar-refractivity contribution < 1.29 is 4.74 Å². The zero-order valence-corrected chi connectivity index (χ0v) is 11.8. The van der Waals surface area contributed by atoms with Crippen LogP contribution in [0.15, 0.2) is 18.3 Å². The number of methoxy groups -OCH3 is 1. The van der Waals surface area contributed by atoms with Crippen LogP contribution in [0.4, 0.5) is 0 Å². The summed E-state index contributed by atoms with van der Waals surface area (Å²) in [5, 5.41) is 3.44. The molecule has 0 aromatic carbocycles. The molecule has 0 atom stereocenters. The third-order valence-electron chi connectivity index (χ3n) is 3.06. The van der Waals surface area contributed by atoms with Crippen LogP contribution in [0.3, 0.4) is 0 Å². The molecule has 0 aliphatic rings. The largest absolute Gasteiger partial charge is 0.481 e. The molecule has 0 fully saturated rings. The van der Waals surface area contributed by atoms with Gasteiger partial charge >= 0.3 is 0 Å². The van der Waals surface area contributed by atoms with Crippen molar-refractivity contribution in [3.05, 3.63) is 23.9 Å². The Bertz CT molecular complexity index is 309. The molecule has 0 unspecified atom stereocenters. The summed E-state index contributed by atoms with van der Waals surface area (Å²) in [6.45, 7) is 9.77. The molecule has 4 heteroatoms. The summed E-state index contributed by atoms with van der Waals surface area (Å²) >= 11 is 0. The third-order valence-corrected chi connectivity index (χ3v) is 3.06. The lowest BCUT2D eigenvalue weighted by atomic mass is 10.3. The minimum atomic E-state index is 0.667. The third kappa shape index (κ3) is 5.47. The number of nitrogens with zero attached hydrogens (tertiary/aromatic N) is 2. The van der Waals surface area contributed by atoms with Gasteiger partial charge in [0.1, 0.15) is 0 Å². The van der Waals surface area contributed by atoms with Gasteiger partial charge in [-0.05, 0) is 38.2 Å². The molecule has 1 rings (SSSR count). The van der Waals surface area contributed by atoms with E-state index < -0.39 is 0 Å². The second-order valence-electron chi connectivity index (χ2n) is 4.27. The van der Waals surface area contributed by atoms with Gasteiger partial charge in [0, 0.05) is 18.8 Å². The number of hydrogen-bond acceptors (Lipinski definition) is 4. The molecular weight excluding hydrogens is 226 g/mol. The van der Waals surface area contributed by atoms with Crippen molar-refractivity contribution in [2.75, 3.05) is 33.3 Å². The first-order chi connectivity index (χ1) is 8.80. The summed E-state index contributed by atoms with van der Waals surface area (Å²) in [4.78, 5) is 6.62. The fraction of sp³-hybridized carbons (Fsp3) is 0.643. The molecule has 102 valence electrons. The Morgan fingerprint density at radius 1 is 1.28 bits per heavy atom. The Balaban J connectivity index is 2.13. The van der Waals surface area contributed by atoms with Crippen LogP contribution in [0.25, 0.3) is 0 Å². The van der Waals surface area contributed by atoms with Gasteiger partial charge in [-0.15, -0.1) is 0 Å². The fourth-order valence-electron chi connectivity index (χ4n) is 1.84. The van der Waals surface area contributed by atoms with Crippen LogP contribution < -0.4 is 10.1 Å². The smallest absolute Gasteiger partial charge is 0.212 e. The van der Waals surface area contributed by atoms with Gasteiger partial charge < -0.3 is 15.0 Å². The van der Waals surface area contributed by atoms with Crippen LogP contribution in [-0.2, 0) is 6.54 Å². The minimum Gasteiger partial charge on any atom is -0.481 e. The average molecular weight is 251 g/mol. The van der Waals surface area contributed by atoms with Crippen molar-refractivity contribution in [3.63, 3.8) is 0 Å². The first-order valence-corrected chi connectivity index (χ1v) is 6.72. The van der Waals surface area contributed by atoms with Gasteiger partial charge in [-0.2, -0.15) is 0 Å². The Morgan fingerprint density at radius 2 is 2.06 bits per heavy atom. The summed E-state index contributed by atoms with van der Waals surface area (Å²) in [6.07, 6.45) is 3.04. The molecule has 0 aliphatic heterocycles. The summed E-state index contributed by atoms with van der Waals surface area (Å²) in [5.74, 6) is 0.667. The van der Waals surface area contributed by atoms with E-state index in [0.717, 1.165) is 26.2 Å². The maximum atomic E-state index is 5.03. The Hall–Kier alpha value is -1.13. The van der Waals surface area contributed by atoms with Crippen molar-refractivity contribution in [1.82, 2.24) is 15.2 Å². The predicted octanol–water partition coefficient (Wildman–Crippen LogP) is 1.91. The van der Waals surface area contributed by atoms with E-state index in [1.165, 1.54) is 18.5 Å². The van der Waals surface area contributed by atoms with E-state index in [1.807, 2.05) is 18.3 Å². The number of pyridine rings is 1. The Labute approximate surface area is 110 Å². The van der Waals surface area contributed by atoms with E-state index in [9.17, 15) is 0 Å². The van der Waals surface area contributed by atoms with Crippen molar-refractivity contribution >= 4 is 0 Å². The summed E-state index contributed by atoms with van der Waals surface area (Å²) in [7, 11) is 1.63. The first kappa shape index (κ1) is 14.9. The average Bonchev–Trinajstić information content (AvgIpc) is 2.43. The molecule has 1 aromatic heterocycles. The lowest BCUT2D eigenvalue weighted by molar-refractivity contribution is 0.298. The lowest BCUT2D eigenvalue weighted by Gasteiger charge is -2.17. The monoisotopic (exact) mass is 251 g/mol. The highest BCUT2D eigenvalue weighted by Gasteiger charge is 1.98. The SMILES string of the molecule is CCN(CC)CCCNCc1ccc(OC)nc1. The van der Waals surface area contributed by atoms with Crippen molar-refractivity contribution in [2.45, 2.75) is 26.8 Å². The Morgan fingerprint density at radius 3 is 2.61 bits per heavy atom. The maximum Gasteiger partial charge on any atom is 0.212 e. The second-order valence-corrected chi connectivity index (χ2v) is 4.27. The number of rotatable bonds is 9. The van der Waals surface area contributed by atoms with Crippen LogP contribution in [0.1, 0.15) is 25.8 Å². The van der Waals surface area contributed by atoms with E-state index in [0.29, 0.717) is 5.88 Å². The molecule has 1 heterocycles. The number of hydrogen-bond donors (Lipinski definition) is 1. The van der Waals surface area contributed by atoms with E-state index in [2.05, 4.69) is 29.0 Å². The van der Waals surface area contributed by atoms with Gasteiger partial charge in [-0.1, -0.05) is 19.9 Å². The molecule has 1 aromatic rings. The predicted molar refractivity (Wildman–Crippen MR) is 74.9 cm³/mol. The summed E-state index contributed by atoms with van der Waals surface area (Å²) in [6, 6.07) is 3.94. The summed E-state index contributed by atoms with van der Waals surface area (Å²) < 4.78 is 5.03. The number of ether oxygens (including phenoxy) is 1. The maximum absolute atomic E-state index is 5.03. The van der Waals surface area contributed by atoms with Gasteiger partial charge in [0.05, 0.1) is 7.11 Å². The molecule has 0 radical (unpaired) electrons. The minimum absolute atomic E-state index is 0.667. The molecule has 0 bridgehead atoms. The molecule has 0 saturated heterocycles. The van der Waals surface area contributed by atoms with Gasteiger partial charge in [0.15, 0.2) is 0 Å². The lowest BCUT2D eigenvalue weighted by Crippen LogP contribution is -2.27. The number of aromatic nitrogens is 1. The second kappa shape index (κ2) is 8.89. The highest BCUT2D eigenvalue weighted by Crippen LogP contribution is 2.06. The van der Waals surface area contributed by atoms with Crippen LogP contribution in [0, 0.1) is 0 Å². The zero-order chi connectivity index (χ0) is 13.2. The van der Waals surface area contributed by atoms with Gasteiger partial charge in [-0.3, -0.25) is 0 Å². The highest BCUT2D eigenvalue weighted by atomic mass is 16.5. The van der Waals surface area contributed by atoms with E-state index in [4.69, 9.17) is 4.74 Å². The van der Waals surface area contributed by atoms with Crippen LogP contribution in [-0.4, -0.2) is 43.2 Å². The number of nitrogens with one attached hydrogen (secondary N) is 1. The molecule has 0 amide bonds. The normalized spacial score (nSPS) is 10.9. The van der Waals surface area contributed by atoms with Crippen molar-refractivity contribution in [3.8, 4) is 5.88 Å². The molecule has 0 spiro atoms. The van der Waals surface area contributed by atoms with Crippen LogP contribution in [0.2, 0.25) is 0 Å². The van der Waals surface area contributed by atoms with Gasteiger partial charge in [0.2, 0.25) is 5.88 Å². The molecule has 0 aliphatic carbocycles.